The van der Waals surface area contributed by atoms with Gasteiger partial charge in [0.15, 0.2) is 0 Å². The summed E-state index contributed by atoms with van der Waals surface area (Å²) in [4.78, 5) is 4.35. The first-order chi connectivity index (χ1) is 7.32. The summed E-state index contributed by atoms with van der Waals surface area (Å²) in [5.74, 6) is 0. The normalized spacial score (nSPS) is 36.4. The fourth-order valence-electron chi connectivity index (χ4n) is 2.92. The third-order valence-corrected chi connectivity index (χ3v) is 4.56. The lowest BCUT2D eigenvalue weighted by Crippen LogP contribution is -2.46. The van der Waals surface area contributed by atoms with Crippen LogP contribution in [0.15, 0.2) is 11.6 Å². The van der Waals surface area contributed by atoms with Crippen molar-refractivity contribution in [2.45, 2.75) is 43.2 Å². The number of nitrogens with one attached hydrogen (secondary N) is 1. The first-order valence-corrected chi connectivity index (χ1v) is 6.28. The van der Waals surface area contributed by atoms with E-state index in [-0.39, 0.29) is 17.8 Å². The second kappa shape index (κ2) is 4.33. The molecule has 0 aromatic carbocycles. The van der Waals surface area contributed by atoms with Crippen LogP contribution in [0.1, 0.15) is 30.7 Å². The van der Waals surface area contributed by atoms with Gasteiger partial charge in [-0.2, -0.15) is 5.26 Å². The molecule has 2 aliphatic rings. The van der Waals surface area contributed by atoms with Crippen LogP contribution in [0.5, 0.6) is 0 Å². The zero-order chi connectivity index (χ0) is 10.3. The van der Waals surface area contributed by atoms with Gasteiger partial charge in [-0.25, -0.2) is 4.98 Å². The van der Waals surface area contributed by atoms with E-state index < -0.39 is 0 Å². The van der Waals surface area contributed by atoms with Crippen LogP contribution < -0.4 is 5.32 Å². The largest absolute Gasteiger partial charge is 0.311 e. The molecule has 0 saturated carbocycles. The molecule has 1 N–H and O–H groups in total. The molecule has 1 aromatic rings. The summed E-state index contributed by atoms with van der Waals surface area (Å²) in [5.41, 5.74) is -0.300. The highest BCUT2D eigenvalue weighted by molar-refractivity contribution is 7.09. The van der Waals surface area contributed by atoms with Crippen molar-refractivity contribution in [3.05, 3.63) is 16.6 Å². The van der Waals surface area contributed by atoms with E-state index in [9.17, 15) is 5.26 Å². The smallest absolute Gasteiger partial charge is 0.113 e. The SMILES string of the molecule is Cl.N#CC1(c2nccs2)CC2CCC(C1)N2. The zero-order valence-corrected chi connectivity index (χ0v) is 10.5. The van der Waals surface area contributed by atoms with Crippen molar-refractivity contribution >= 4 is 23.7 Å². The van der Waals surface area contributed by atoms with Gasteiger partial charge in [0, 0.05) is 23.7 Å². The van der Waals surface area contributed by atoms with Crippen LogP contribution in [0, 0.1) is 11.3 Å². The van der Waals surface area contributed by atoms with Crippen LogP contribution in [-0.4, -0.2) is 17.1 Å². The maximum absolute atomic E-state index is 9.47. The number of nitrogens with zero attached hydrogens (tertiary/aromatic N) is 2. The minimum atomic E-state index is -0.300. The van der Waals surface area contributed by atoms with Crippen molar-refractivity contribution in [3.8, 4) is 6.07 Å². The molecule has 1 aromatic heterocycles. The Morgan fingerprint density at radius 2 is 2.12 bits per heavy atom. The molecule has 2 saturated heterocycles. The summed E-state index contributed by atoms with van der Waals surface area (Å²) in [6.07, 6.45) is 6.13. The Kier molecular flexibility index (Phi) is 3.20. The number of fused-ring (bicyclic) bond motifs is 2. The molecule has 2 fully saturated rings. The molecular weight excluding hydrogens is 242 g/mol. The van der Waals surface area contributed by atoms with Crippen molar-refractivity contribution in [2.75, 3.05) is 0 Å². The van der Waals surface area contributed by atoms with Crippen LogP contribution in [0.3, 0.4) is 0 Å². The molecule has 0 radical (unpaired) electrons. The Labute approximate surface area is 105 Å². The highest BCUT2D eigenvalue weighted by Crippen LogP contribution is 2.42. The third-order valence-electron chi connectivity index (χ3n) is 3.58. The van der Waals surface area contributed by atoms with E-state index in [1.165, 1.54) is 12.8 Å². The number of aromatic nitrogens is 1. The number of halogens is 1. The first kappa shape index (κ1) is 11.8. The number of hydrogen-bond donors (Lipinski definition) is 1. The summed E-state index contributed by atoms with van der Waals surface area (Å²) in [6, 6.07) is 3.60. The fourth-order valence-corrected chi connectivity index (χ4v) is 3.73. The van der Waals surface area contributed by atoms with Gasteiger partial charge in [0.2, 0.25) is 0 Å². The van der Waals surface area contributed by atoms with Gasteiger partial charge < -0.3 is 5.32 Å². The monoisotopic (exact) mass is 255 g/mol. The minimum absolute atomic E-state index is 0. The van der Waals surface area contributed by atoms with Crippen LogP contribution in [0.2, 0.25) is 0 Å². The highest BCUT2D eigenvalue weighted by atomic mass is 35.5. The van der Waals surface area contributed by atoms with Gasteiger partial charge in [-0.05, 0) is 25.7 Å². The molecule has 16 heavy (non-hydrogen) atoms. The van der Waals surface area contributed by atoms with E-state index in [2.05, 4.69) is 16.4 Å². The molecule has 2 unspecified atom stereocenters. The lowest BCUT2D eigenvalue weighted by atomic mass is 9.77. The van der Waals surface area contributed by atoms with Gasteiger partial charge in [-0.1, -0.05) is 0 Å². The number of piperidine rings is 1. The molecule has 2 aliphatic heterocycles. The van der Waals surface area contributed by atoms with E-state index >= 15 is 0 Å². The molecule has 2 atom stereocenters. The molecule has 3 heterocycles. The van der Waals surface area contributed by atoms with Crippen molar-refractivity contribution in [1.29, 1.82) is 5.26 Å². The van der Waals surface area contributed by atoms with Crippen molar-refractivity contribution in [2.24, 2.45) is 0 Å². The average Bonchev–Trinajstić information content (AvgIpc) is 2.88. The molecule has 0 amide bonds. The Bertz CT molecular complexity index is 386. The Morgan fingerprint density at radius 1 is 1.44 bits per heavy atom. The fraction of sp³-hybridized carbons (Fsp3) is 0.636. The Hall–Kier alpha value is -0.630. The molecule has 2 bridgehead atoms. The van der Waals surface area contributed by atoms with Gasteiger partial charge in [-0.15, -0.1) is 23.7 Å². The first-order valence-electron chi connectivity index (χ1n) is 5.40. The van der Waals surface area contributed by atoms with Gasteiger partial charge in [-0.3, -0.25) is 0 Å². The molecule has 3 nitrogen and oxygen atoms in total. The summed E-state index contributed by atoms with van der Waals surface area (Å²) >= 11 is 1.62. The summed E-state index contributed by atoms with van der Waals surface area (Å²) in [6.45, 7) is 0. The number of nitriles is 1. The van der Waals surface area contributed by atoms with Crippen molar-refractivity contribution in [1.82, 2.24) is 10.3 Å². The second-order valence-corrected chi connectivity index (χ2v) is 5.47. The molecule has 86 valence electrons. The zero-order valence-electron chi connectivity index (χ0n) is 8.85. The van der Waals surface area contributed by atoms with E-state index in [0.29, 0.717) is 12.1 Å². The van der Waals surface area contributed by atoms with Crippen molar-refractivity contribution in [3.63, 3.8) is 0 Å². The molecular formula is C11H14ClN3S. The average molecular weight is 256 g/mol. The predicted octanol–water partition coefficient (Wildman–Crippen LogP) is 2.24. The van der Waals surface area contributed by atoms with Crippen LogP contribution in [-0.2, 0) is 5.41 Å². The van der Waals surface area contributed by atoms with Gasteiger partial charge in [0.25, 0.3) is 0 Å². The van der Waals surface area contributed by atoms with Crippen molar-refractivity contribution < 1.29 is 0 Å². The second-order valence-electron chi connectivity index (χ2n) is 4.58. The predicted molar refractivity (Wildman–Crippen MR) is 65.8 cm³/mol. The van der Waals surface area contributed by atoms with Crippen LogP contribution in [0.25, 0.3) is 0 Å². The standard InChI is InChI=1S/C11H13N3S.ClH/c12-7-11(10-13-3-4-15-10)5-8-1-2-9(6-11)14-8;/h3-4,8-9,14H,1-2,5-6H2;1H. The van der Waals surface area contributed by atoms with E-state index in [0.717, 1.165) is 17.8 Å². The molecule has 3 rings (SSSR count). The molecule has 0 spiro atoms. The van der Waals surface area contributed by atoms with Crippen LogP contribution >= 0.6 is 23.7 Å². The Morgan fingerprint density at radius 3 is 2.62 bits per heavy atom. The van der Waals surface area contributed by atoms with Crippen LogP contribution in [0.4, 0.5) is 0 Å². The maximum Gasteiger partial charge on any atom is 0.113 e. The summed E-state index contributed by atoms with van der Waals surface area (Å²) in [7, 11) is 0. The molecule has 0 aliphatic carbocycles. The Balaban J connectivity index is 0.000000963. The summed E-state index contributed by atoms with van der Waals surface area (Å²) in [5, 5.41) is 16.0. The highest BCUT2D eigenvalue weighted by Gasteiger charge is 2.46. The quantitative estimate of drug-likeness (QED) is 0.837. The van der Waals surface area contributed by atoms with E-state index in [1.807, 2.05) is 11.6 Å². The van der Waals surface area contributed by atoms with Gasteiger partial charge in [0.1, 0.15) is 10.4 Å². The summed E-state index contributed by atoms with van der Waals surface area (Å²) < 4.78 is 0. The number of hydrogen-bond acceptors (Lipinski definition) is 4. The molecule has 5 heteroatoms. The number of thiazole rings is 1. The maximum atomic E-state index is 9.47. The topological polar surface area (TPSA) is 48.7 Å². The van der Waals surface area contributed by atoms with E-state index in [4.69, 9.17) is 0 Å². The number of rotatable bonds is 1. The third kappa shape index (κ3) is 1.73. The van der Waals surface area contributed by atoms with E-state index in [1.54, 1.807) is 11.3 Å². The lowest BCUT2D eigenvalue weighted by molar-refractivity contribution is 0.304. The minimum Gasteiger partial charge on any atom is -0.311 e. The van der Waals surface area contributed by atoms with Gasteiger partial charge >= 0.3 is 0 Å². The van der Waals surface area contributed by atoms with Gasteiger partial charge in [0.05, 0.1) is 6.07 Å². The lowest BCUT2D eigenvalue weighted by Gasteiger charge is -2.34.